The number of hydrogen-bond acceptors (Lipinski definition) is 6. The molecule has 0 aliphatic heterocycles. The second-order valence-corrected chi connectivity index (χ2v) is 9.30. The van der Waals surface area contributed by atoms with Gasteiger partial charge in [0, 0.05) is 10.8 Å². The Hall–Kier alpha value is -2.05. The van der Waals surface area contributed by atoms with Gasteiger partial charge in [-0.3, -0.25) is 0 Å². The van der Waals surface area contributed by atoms with Crippen LogP contribution >= 0.6 is 23.2 Å². The van der Waals surface area contributed by atoms with Crippen molar-refractivity contribution >= 4 is 23.2 Å². The van der Waals surface area contributed by atoms with Crippen molar-refractivity contribution in [2.75, 3.05) is 7.11 Å². The van der Waals surface area contributed by atoms with Crippen LogP contribution in [0.5, 0.6) is 5.75 Å². The Kier molecular flexibility index (Phi) is 5.23. The van der Waals surface area contributed by atoms with E-state index >= 15 is 0 Å². The van der Waals surface area contributed by atoms with E-state index < -0.39 is 0 Å². The molecular weight excluding hydrogens is 401 g/mol. The van der Waals surface area contributed by atoms with Crippen molar-refractivity contribution in [2.24, 2.45) is 0 Å². The molecule has 0 aliphatic rings. The van der Waals surface area contributed by atoms with Gasteiger partial charge in [0.15, 0.2) is 5.75 Å². The van der Waals surface area contributed by atoms with E-state index in [1.807, 2.05) is 41.5 Å². The van der Waals surface area contributed by atoms with Gasteiger partial charge in [0.1, 0.15) is 34.0 Å². The van der Waals surface area contributed by atoms with Crippen LogP contribution in [0.1, 0.15) is 52.9 Å². The lowest BCUT2D eigenvalue weighted by molar-refractivity contribution is 0.414. The predicted molar refractivity (Wildman–Crippen MR) is 109 cm³/mol. The van der Waals surface area contributed by atoms with Gasteiger partial charge in [0.25, 0.3) is 0 Å². The summed E-state index contributed by atoms with van der Waals surface area (Å²) in [7, 11) is 1.48. The third kappa shape index (κ3) is 3.76. The summed E-state index contributed by atoms with van der Waals surface area (Å²) in [6.45, 7) is 12.2. The van der Waals surface area contributed by atoms with Gasteiger partial charge >= 0.3 is 0 Å². The standard InChI is InChI=1S/C20H23Cl2N3O3/c1-19(2,3)10-8-27-17(23-10)14-12(21)16(26-7)13(22)15(25-14)18-24-11(9-28-18)20(4,5)6/h8-9H,1-7H3. The summed E-state index contributed by atoms with van der Waals surface area (Å²) in [5.74, 6) is 0.803. The largest absolute Gasteiger partial charge is 0.493 e. The van der Waals surface area contributed by atoms with Crippen LogP contribution in [0.2, 0.25) is 10.0 Å². The highest BCUT2D eigenvalue weighted by Gasteiger charge is 2.28. The van der Waals surface area contributed by atoms with Crippen molar-refractivity contribution in [3.05, 3.63) is 34.0 Å². The lowest BCUT2D eigenvalue weighted by atomic mass is 9.93. The maximum atomic E-state index is 6.49. The fraction of sp³-hybridized carbons (Fsp3) is 0.450. The lowest BCUT2D eigenvalue weighted by Crippen LogP contribution is -2.11. The van der Waals surface area contributed by atoms with Gasteiger partial charge in [-0.15, -0.1) is 0 Å². The molecule has 3 aromatic heterocycles. The first-order valence-electron chi connectivity index (χ1n) is 8.79. The number of halogens is 2. The highest BCUT2D eigenvalue weighted by Crippen LogP contribution is 2.44. The number of oxazole rings is 2. The van der Waals surface area contributed by atoms with E-state index in [1.165, 1.54) is 7.11 Å². The summed E-state index contributed by atoms with van der Waals surface area (Å²) in [6, 6.07) is 0. The summed E-state index contributed by atoms with van der Waals surface area (Å²) in [5.41, 5.74) is 1.81. The van der Waals surface area contributed by atoms with Gasteiger partial charge in [0.05, 0.1) is 18.5 Å². The second-order valence-electron chi connectivity index (χ2n) is 8.55. The van der Waals surface area contributed by atoms with Crippen LogP contribution in [0.25, 0.3) is 23.2 Å². The Labute approximate surface area is 174 Å². The first-order chi connectivity index (χ1) is 12.9. The Morgan fingerprint density at radius 3 is 1.43 bits per heavy atom. The van der Waals surface area contributed by atoms with Gasteiger partial charge in [-0.25, -0.2) is 15.0 Å². The van der Waals surface area contributed by atoms with Crippen molar-refractivity contribution < 1.29 is 13.6 Å². The van der Waals surface area contributed by atoms with Crippen LogP contribution in [-0.4, -0.2) is 22.1 Å². The third-order valence-electron chi connectivity index (χ3n) is 4.19. The molecule has 0 N–H and O–H groups in total. The number of hydrogen-bond donors (Lipinski definition) is 0. The van der Waals surface area contributed by atoms with E-state index in [9.17, 15) is 0 Å². The molecule has 28 heavy (non-hydrogen) atoms. The quantitative estimate of drug-likeness (QED) is 0.491. The molecule has 0 amide bonds. The van der Waals surface area contributed by atoms with Crippen LogP contribution in [0.3, 0.4) is 0 Å². The zero-order valence-corrected chi connectivity index (χ0v) is 18.5. The van der Waals surface area contributed by atoms with Gasteiger partial charge in [-0.05, 0) is 0 Å². The average molecular weight is 424 g/mol. The van der Waals surface area contributed by atoms with E-state index in [2.05, 4.69) is 15.0 Å². The van der Waals surface area contributed by atoms with Crippen LogP contribution < -0.4 is 4.74 Å². The number of nitrogens with zero attached hydrogens (tertiary/aromatic N) is 3. The Morgan fingerprint density at radius 1 is 0.750 bits per heavy atom. The molecule has 150 valence electrons. The topological polar surface area (TPSA) is 74.2 Å². The number of pyridine rings is 1. The van der Waals surface area contributed by atoms with Crippen LogP contribution in [0.4, 0.5) is 0 Å². The molecule has 0 atom stereocenters. The number of methoxy groups -OCH3 is 1. The summed E-state index contributed by atoms with van der Waals surface area (Å²) in [4.78, 5) is 13.6. The lowest BCUT2D eigenvalue weighted by Gasteiger charge is -2.14. The third-order valence-corrected chi connectivity index (χ3v) is 4.89. The molecule has 6 nitrogen and oxygen atoms in total. The van der Waals surface area contributed by atoms with Crippen molar-refractivity contribution in [1.29, 1.82) is 0 Å². The maximum Gasteiger partial charge on any atom is 0.247 e. The molecule has 0 saturated heterocycles. The monoisotopic (exact) mass is 423 g/mol. The summed E-state index contributed by atoms with van der Waals surface area (Å²) < 4.78 is 16.7. The Morgan fingerprint density at radius 2 is 1.14 bits per heavy atom. The van der Waals surface area contributed by atoms with Gasteiger partial charge in [0.2, 0.25) is 11.8 Å². The molecule has 0 aromatic carbocycles. The van der Waals surface area contributed by atoms with Gasteiger partial charge < -0.3 is 13.6 Å². The van der Waals surface area contributed by atoms with Crippen molar-refractivity contribution in [1.82, 2.24) is 15.0 Å². The average Bonchev–Trinajstić information content (AvgIpc) is 3.24. The molecule has 3 rings (SSSR count). The molecule has 0 fully saturated rings. The molecular formula is C20H23Cl2N3O3. The molecule has 3 aromatic rings. The molecule has 8 heteroatoms. The van der Waals surface area contributed by atoms with Crippen LogP contribution in [-0.2, 0) is 10.8 Å². The minimum Gasteiger partial charge on any atom is -0.493 e. The number of ether oxygens (including phenoxy) is 1. The van der Waals surface area contributed by atoms with Crippen LogP contribution in [0.15, 0.2) is 21.4 Å². The minimum absolute atomic E-state index is 0.183. The van der Waals surface area contributed by atoms with E-state index in [4.69, 9.17) is 36.8 Å². The Balaban J connectivity index is 2.19. The fourth-order valence-corrected chi connectivity index (χ4v) is 3.08. The van der Waals surface area contributed by atoms with Gasteiger partial charge in [-0.1, -0.05) is 64.7 Å². The number of rotatable bonds is 3. The smallest absolute Gasteiger partial charge is 0.247 e. The fourth-order valence-electron chi connectivity index (χ4n) is 2.44. The highest BCUT2D eigenvalue weighted by atomic mass is 35.5. The SMILES string of the molecule is COc1c(Cl)c(-c2nc(C(C)(C)C)co2)nc(-c2nc(C(C)(C)C)co2)c1Cl. The van der Waals surface area contributed by atoms with Crippen LogP contribution in [0, 0.1) is 0 Å². The normalized spacial score (nSPS) is 12.5. The molecule has 0 spiro atoms. The molecule has 3 heterocycles. The summed E-state index contributed by atoms with van der Waals surface area (Å²) in [5, 5.41) is 0.419. The van der Waals surface area contributed by atoms with Gasteiger partial charge in [-0.2, -0.15) is 0 Å². The van der Waals surface area contributed by atoms with Crippen molar-refractivity contribution in [2.45, 2.75) is 52.4 Å². The molecule has 0 aliphatic carbocycles. The molecule has 0 unspecified atom stereocenters. The zero-order valence-electron chi connectivity index (χ0n) is 17.0. The summed E-state index contributed by atoms with van der Waals surface area (Å²) in [6.07, 6.45) is 3.19. The Bertz CT molecular complexity index is 934. The molecule has 0 bridgehead atoms. The predicted octanol–water partition coefficient (Wildman–Crippen LogP) is 6.30. The van der Waals surface area contributed by atoms with E-state index in [0.29, 0.717) is 11.4 Å². The van der Waals surface area contributed by atoms with Crippen molar-refractivity contribution in [3.63, 3.8) is 0 Å². The first kappa shape index (κ1) is 20.7. The van der Waals surface area contributed by atoms with E-state index in [-0.39, 0.29) is 38.4 Å². The van der Waals surface area contributed by atoms with E-state index in [1.54, 1.807) is 12.5 Å². The highest BCUT2D eigenvalue weighted by molar-refractivity contribution is 6.39. The summed E-state index contributed by atoms with van der Waals surface area (Å²) >= 11 is 13.0. The zero-order chi connectivity index (χ0) is 20.9. The number of aromatic nitrogens is 3. The molecule has 0 radical (unpaired) electrons. The maximum absolute atomic E-state index is 6.49. The second kappa shape index (κ2) is 7.08. The van der Waals surface area contributed by atoms with E-state index in [0.717, 1.165) is 11.4 Å². The minimum atomic E-state index is -0.183. The first-order valence-corrected chi connectivity index (χ1v) is 9.54. The molecule has 0 saturated carbocycles. The van der Waals surface area contributed by atoms with Crippen molar-refractivity contribution in [3.8, 4) is 28.9 Å².